The van der Waals surface area contributed by atoms with Gasteiger partial charge in [-0.3, -0.25) is 0 Å². The summed E-state index contributed by atoms with van der Waals surface area (Å²) in [7, 11) is 0. The number of aliphatic hydroxyl groups excluding tert-OH is 1. The fraction of sp³-hybridized carbons (Fsp3) is 0.222. The van der Waals surface area contributed by atoms with Crippen molar-refractivity contribution >= 4 is 52.4 Å². The van der Waals surface area contributed by atoms with Crippen LogP contribution in [-0.2, 0) is 4.74 Å². The molecular weight excluding hydrogens is 298 g/mol. The normalized spacial score (nSPS) is 10.4. The van der Waals surface area contributed by atoms with E-state index in [1.807, 2.05) is 0 Å². The second-order valence-electron chi connectivity index (χ2n) is 2.82. The van der Waals surface area contributed by atoms with E-state index in [-0.39, 0.29) is 25.7 Å². The topological polar surface area (TPSA) is 46.5 Å². The van der Waals surface area contributed by atoms with Gasteiger partial charge in [0.05, 0.1) is 25.7 Å². The van der Waals surface area contributed by atoms with E-state index in [2.05, 4.69) is 4.74 Å². The maximum absolute atomic E-state index is 11.4. The zero-order chi connectivity index (χ0) is 12.5. The number of carbonyl (C=O) groups excluding carboxylic acids is 1. The number of benzene rings is 1. The molecule has 0 radical (unpaired) electrons. The first-order chi connectivity index (χ1) is 7.41. The number of carbonyl (C=O) groups is 1. The van der Waals surface area contributed by atoms with Gasteiger partial charge in [0.25, 0.3) is 0 Å². The fourth-order valence-electron chi connectivity index (χ4n) is 1.05. The Morgan fingerprint density at radius 3 is 1.94 bits per heavy atom. The quantitative estimate of drug-likeness (QED) is 0.514. The Balaban J connectivity index is 3.45. The molecule has 1 N–H and O–H groups in total. The van der Waals surface area contributed by atoms with E-state index >= 15 is 0 Å². The smallest absolute Gasteiger partial charge is 0.343 e. The van der Waals surface area contributed by atoms with Crippen LogP contribution in [0, 0.1) is 6.92 Å². The van der Waals surface area contributed by atoms with Crippen molar-refractivity contribution in [3.63, 3.8) is 0 Å². The van der Waals surface area contributed by atoms with Crippen molar-refractivity contribution in [1.82, 2.24) is 0 Å². The van der Waals surface area contributed by atoms with Crippen LogP contribution in [0.3, 0.4) is 0 Å². The van der Waals surface area contributed by atoms with Crippen molar-refractivity contribution in [1.29, 1.82) is 0 Å². The number of halogens is 4. The molecule has 16 heavy (non-hydrogen) atoms. The van der Waals surface area contributed by atoms with Gasteiger partial charge in [-0.2, -0.15) is 0 Å². The fourth-order valence-corrected chi connectivity index (χ4v) is 2.15. The molecule has 0 aliphatic heterocycles. The molecular formula is C9H6Cl4O3. The van der Waals surface area contributed by atoms with Crippen molar-refractivity contribution in [3.05, 3.63) is 31.2 Å². The predicted octanol–water partition coefficient (Wildman–Crippen LogP) is 3.72. The summed E-state index contributed by atoms with van der Waals surface area (Å²) in [5, 5.41) is 8.63. The molecule has 0 aliphatic rings. The van der Waals surface area contributed by atoms with Gasteiger partial charge in [-0.25, -0.2) is 4.79 Å². The Hall–Kier alpha value is -0.190. The molecule has 0 saturated carbocycles. The molecule has 0 aromatic heterocycles. The van der Waals surface area contributed by atoms with Crippen LogP contribution < -0.4 is 0 Å². The SMILES string of the molecule is Cc1c(Cl)c(Cl)c(C(=O)OCO)c(Cl)c1Cl. The van der Waals surface area contributed by atoms with Crippen LogP contribution in [-0.4, -0.2) is 17.9 Å². The van der Waals surface area contributed by atoms with Crippen LogP contribution in [0.15, 0.2) is 0 Å². The van der Waals surface area contributed by atoms with Crippen LogP contribution in [0.5, 0.6) is 0 Å². The summed E-state index contributed by atoms with van der Waals surface area (Å²) in [6.07, 6.45) is 0. The van der Waals surface area contributed by atoms with E-state index in [9.17, 15) is 4.79 Å². The van der Waals surface area contributed by atoms with Crippen LogP contribution in [0.25, 0.3) is 0 Å². The molecule has 1 aromatic carbocycles. The Morgan fingerprint density at radius 2 is 1.56 bits per heavy atom. The summed E-state index contributed by atoms with van der Waals surface area (Å²) in [5.74, 6) is -0.888. The van der Waals surface area contributed by atoms with Gasteiger partial charge in [-0.05, 0) is 12.5 Å². The molecule has 0 aliphatic carbocycles. The zero-order valence-corrected chi connectivity index (χ0v) is 11.0. The average molecular weight is 304 g/mol. The van der Waals surface area contributed by atoms with Crippen molar-refractivity contribution in [3.8, 4) is 0 Å². The summed E-state index contributed by atoms with van der Waals surface area (Å²) in [5.41, 5.74) is 0.317. The molecule has 3 nitrogen and oxygen atoms in total. The third-order valence-electron chi connectivity index (χ3n) is 1.88. The highest BCUT2D eigenvalue weighted by Gasteiger charge is 2.23. The minimum Gasteiger partial charge on any atom is -0.435 e. The second-order valence-corrected chi connectivity index (χ2v) is 4.33. The summed E-state index contributed by atoms with van der Waals surface area (Å²) < 4.78 is 4.37. The number of hydrogen-bond donors (Lipinski definition) is 1. The molecule has 0 amide bonds. The van der Waals surface area contributed by atoms with Gasteiger partial charge >= 0.3 is 5.97 Å². The molecule has 0 bridgehead atoms. The first-order valence-electron chi connectivity index (χ1n) is 4.02. The lowest BCUT2D eigenvalue weighted by atomic mass is 10.1. The third kappa shape index (κ3) is 2.39. The summed E-state index contributed by atoms with van der Waals surface area (Å²) in [6, 6.07) is 0. The second kappa shape index (κ2) is 5.43. The van der Waals surface area contributed by atoms with Gasteiger partial charge in [0, 0.05) is 0 Å². The Kier molecular flexibility index (Phi) is 4.71. The molecule has 0 unspecified atom stereocenters. The summed E-state index contributed by atoms with van der Waals surface area (Å²) in [4.78, 5) is 11.4. The highest BCUT2D eigenvalue weighted by Crippen LogP contribution is 2.40. The van der Waals surface area contributed by atoms with E-state index in [0.29, 0.717) is 5.56 Å². The molecule has 0 saturated heterocycles. The average Bonchev–Trinajstić information content (AvgIpc) is 2.24. The van der Waals surface area contributed by atoms with Gasteiger partial charge < -0.3 is 9.84 Å². The number of rotatable bonds is 2. The first-order valence-corrected chi connectivity index (χ1v) is 5.53. The Bertz CT molecular complexity index is 416. The van der Waals surface area contributed by atoms with Gasteiger partial charge in [0.2, 0.25) is 0 Å². The lowest BCUT2D eigenvalue weighted by Gasteiger charge is -2.11. The maximum atomic E-state index is 11.4. The molecule has 1 rings (SSSR count). The monoisotopic (exact) mass is 302 g/mol. The molecule has 0 fully saturated rings. The largest absolute Gasteiger partial charge is 0.435 e. The molecule has 88 valence electrons. The zero-order valence-electron chi connectivity index (χ0n) is 7.98. The van der Waals surface area contributed by atoms with E-state index < -0.39 is 12.8 Å². The summed E-state index contributed by atoms with van der Waals surface area (Å²) >= 11 is 23.4. The van der Waals surface area contributed by atoms with Crippen LogP contribution >= 0.6 is 46.4 Å². The van der Waals surface area contributed by atoms with Gasteiger partial charge in [-0.15, -0.1) is 0 Å². The van der Waals surface area contributed by atoms with Gasteiger partial charge in [0.1, 0.15) is 0 Å². The number of hydrogen-bond acceptors (Lipinski definition) is 3. The molecule has 7 heteroatoms. The van der Waals surface area contributed by atoms with E-state index in [4.69, 9.17) is 51.5 Å². The van der Waals surface area contributed by atoms with Crippen molar-refractivity contribution in [2.45, 2.75) is 6.92 Å². The molecule has 1 aromatic rings. The first kappa shape index (κ1) is 13.9. The van der Waals surface area contributed by atoms with Crippen molar-refractivity contribution in [2.75, 3.05) is 6.79 Å². The number of ether oxygens (including phenoxy) is 1. The predicted molar refractivity (Wildman–Crippen MR) is 63.7 cm³/mol. The molecule has 0 spiro atoms. The lowest BCUT2D eigenvalue weighted by Crippen LogP contribution is -2.08. The Morgan fingerprint density at radius 1 is 1.12 bits per heavy atom. The minimum atomic E-state index is -0.888. The number of aliphatic hydroxyl groups is 1. The van der Waals surface area contributed by atoms with Crippen LogP contribution in [0.4, 0.5) is 0 Å². The van der Waals surface area contributed by atoms with Crippen molar-refractivity contribution < 1.29 is 14.6 Å². The van der Waals surface area contributed by atoms with Crippen LogP contribution in [0.2, 0.25) is 20.1 Å². The Labute approximate surface area is 112 Å². The lowest BCUT2D eigenvalue weighted by molar-refractivity contribution is 0.00688. The highest BCUT2D eigenvalue weighted by atomic mass is 35.5. The van der Waals surface area contributed by atoms with Crippen LogP contribution in [0.1, 0.15) is 15.9 Å². The maximum Gasteiger partial charge on any atom is 0.343 e. The molecule has 0 atom stereocenters. The van der Waals surface area contributed by atoms with E-state index in [0.717, 1.165) is 0 Å². The molecule has 0 heterocycles. The van der Waals surface area contributed by atoms with Crippen molar-refractivity contribution in [2.24, 2.45) is 0 Å². The highest BCUT2D eigenvalue weighted by molar-refractivity contribution is 6.50. The summed E-state index contributed by atoms with van der Waals surface area (Å²) in [6.45, 7) is 0.832. The minimum absolute atomic E-state index is 0.0491. The van der Waals surface area contributed by atoms with Gasteiger partial charge in [0.15, 0.2) is 6.79 Å². The van der Waals surface area contributed by atoms with Gasteiger partial charge in [-0.1, -0.05) is 46.4 Å². The van der Waals surface area contributed by atoms with E-state index in [1.54, 1.807) is 6.92 Å². The van der Waals surface area contributed by atoms with E-state index in [1.165, 1.54) is 0 Å². The number of esters is 1. The third-order valence-corrected chi connectivity index (χ3v) is 3.78. The standard InChI is InChI=1S/C9H6Cl4O3/c1-3-5(10)7(12)4(8(13)6(3)11)9(15)16-2-14/h14H,2H2,1H3.